The molecule has 0 amide bonds. The van der Waals surface area contributed by atoms with E-state index in [-0.39, 0.29) is 16.5 Å². The summed E-state index contributed by atoms with van der Waals surface area (Å²) < 4.78 is 3.64. The maximum Gasteiger partial charge on any atom is 0.337 e. The van der Waals surface area contributed by atoms with Gasteiger partial charge >= 0.3 is 5.97 Å². The number of aromatic nitrogens is 4. The molecule has 24 heavy (non-hydrogen) atoms. The van der Waals surface area contributed by atoms with Crippen molar-refractivity contribution in [2.45, 2.75) is 33.7 Å². The van der Waals surface area contributed by atoms with E-state index >= 15 is 0 Å². The lowest BCUT2D eigenvalue weighted by Gasteiger charge is -2.04. The van der Waals surface area contributed by atoms with Gasteiger partial charge in [-0.15, -0.1) is 11.3 Å². The Balaban J connectivity index is 2.30. The van der Waals surface area contributed by atoms with Crippen LogP contribution in [-0.4, -0.2) is 30.6 Å². The molecule has 8 heteroatoms. The van der Waals surface area contributed by atoms with E-state index in [1.807, 2.05) is 26.8 Å². The number of carbonyl (C=O) groups is 1. The highest BCUT2D eigenvalue weighted by atomic mass is 32.1. The molecule has 3 rings (SSSR count). The van der Waals surface area contributed by atoms with Crippen molar-refractivity contribution in [2.75, 3.05) is 0 Å². The van der Waals surface area contributed by atoms with Gasteiger partial charge in [0.15, 0.2) is 0 Å². The Hall–Kier alpha value is -2.48. The molecule has 0 spiro atoms. The fraction of sp³-hybridized carbons (Fsp3) is 0.375. The molecule has 0 saturated heterocycles. The summed E-state index contributed by atoms with van der Waals surface area (Å²) in [5.41, 5.74) is 2.25. The van der Waals surface area contributed by atoms with E-state index in [4.69, 9.17) is 0 Å². The molecule has 0 fully saturated rings. The van der Waals surface area contributed by atoms with Crippen LogP contribution in [0.5, 0.6) is 0 Å². The predicted octanol–water partition coefficient (Wildman–Crippen LogP) is 2.12. The van der Waals surface area contributed by atoms with Crippen LogP contribution in [0.4, 0.5) is 0 Å². The normalized spacial score (nSPS) is 11.3. The molecule has 126 valence electrons. The first-order valence-electron chi connectivity index (χ1n) is 7.59. The minimum absolute atomic E-state index is 0.0697. The smallest absolute Gasteiger partial charge is 0.337 e. The average molecular weight is 346 g/mol. The molecule has 0 aromatic carbocycles. The van der Waals surface area contributed by atoms with Crippen molar-refractivity contribution in [2.24, 2.45) is 7.05 Å². The second-order valence-corrected chi connectivity index (χ2v) is 6.83. The molecular weight excluding hydrogens is 328 g/mol. The lowest BCUT2D eigenvalue weighted by atomic mass is 10.1. The second kappa shape index (κ2) is 5.86. The fourth-order valence-corrected chi connectivity index (χ4v) is 4.18. The highest BCUT2D eigenvalue weighted by Gasteiger charge is 2.24. The number of thiophene rings is 1. The molecule has 0 bridgehead atoms. The van der Waals surface area contributed by atoms with E-state index in [0.29, 0.717) is 22.5 Å². The van der Waals surface area contributed by atoms with Crippen LogP contribution < -0.4 is 5.56 Å². The number of aryl methyl sites for hydroxylation is 4. The molecule has 0 radical (unpaired) electrons. The Morgan fingerprint density at radius 1 is 1.33 bits per heavy atom. The van der Waals surface area contributed by atoms with Crippen molar-refractivity contribution < 1.29 is 9.90 Å². The summed E-state index contributed by atoms with van der Waals surface area (Å²) in [6.45, 7) is 6.08. The molecule has 0 unspecified atom stereocenters. The predicted molar refractivity (Wildman–Crippen MR) is 92.0 cm³/mol. The van der Waals surface area contributed by atoms with Crippen LogP contribution in [0.1, 0.15) is 39.2 Å². The highest BCUT2D eigenvalue weighted by Crippen LogP contribution is 2.32. The first-order valence-corrected chi connectivity index (χ1v) is 8.41. The largest absolute Gasteiger partial charge is 0.478 e. The van der Waals surface area contributed by atoms with Crippen LogP contribution in [0.2, 0.25) is 0 Å². The lowest BCUT2D eigenvalue weighted by Crippen LogP contribution is -2.22. The summed E-state index contributed by atoms with van der Waals surface area (Å²) >= 11 is 1.32. The number of carboxylic acid groups (broad SMARTS) is 1. The monoisotopic (exact) mass is 346 g/mol. The van der Waals surface area contributed by atoms with Gasteiger partial charge < -0.3 is 5.11 Å². The zero-order valence-electron chi connectivity index (χ0n) is 14.0. The number of fused-ring (bicyclic) bond motifs is 1. The van der Waals surface area contributed by atoms with Gasteiger partial charge in [0.1, 0.15) is 0 Å². The molecule has 0 aliphatic heterocycles. The Bertz CT molecular complexity index is 1010. The minimum atomic E-state index is -1.09. The Kier molecular flexibility index (Phi) is 4.00. The molecule has 7 nitrogen and oxygen atoms in total. The standard InChI is InChI=1S/C16H18N4O3S/c1-5-10-14-13(15(21)19(4)18-10)12(16(22)23)11(24-14)7-20-9(3)6-8(2)17-20/h6H,5,7H2,1-4H3,(H,22,23). The van der Waals surface area contributed by atoms with Gasteiger partial charge in [0.25, 0.3) is 5.56 Å². The van der Waals surface area contributed by atoms with E-state index in [1.54, 1.807) is 11.7 Å². The molecule has 0 aliphatic carbocycles. The van der Waals surface area contributed by atoms with Crippen LogP contribution in [-0.2, 0) is 20.0 Å². The number of rotatable bonds is 4. The molecule has 0 saturated carbocycles. The Labute approximate surface area is 142 Å². The zero-order valence-corrected chi connectivity index (χ0v) is 14.8. The maximum atomic E-state index is 12.5. The van der Waals surface area contributed by atoms with E-state index in [2.05, 4.69) is 10.2 Å². The van der Waals surface area contributed by atoms with E-state index in [9.17, 15) is 14.7 Å². The third-order valence-electron chi connectivity index (χ3n) is 3.97. The van der Waals surface area contributed by atoms with Crippen LogP contribution >= 0.6 is 11.3 Å². The fourth-order valence-electron chi connectivity index (χ4n) is 2.86. The van der Waals surface area contributed by atoms with Crippen molar-refractivity contribution >= 4 is 27.4 Å². The van der Waals surface area contributed by atoms with Crippen LogP contribution in [0, 0.1) is 13.8 Å². The van der Waals surface area contributed by atoms with Crippen LogP contribution in [0.3, 0.4) is 0 Å². The van der Waals surface area contributed by atoms with E-state index < -0.39 is 5.97 Å². The van der Waals surface area contributed by atoms with Crippen LogP contribution in [0.25, 0.3) is 10.1 Å². The maximum absolute atomic E-state index is 12.5. The lowest BCUT2D eigenvalue weighted by molar-refractivity contribution is 0.0698. The molecule has 3 aromatic heterocycles. The van der Waals surface area contributed by atoms with Gasteiger partial charge in [0, 0.05) is 17.6 Å². The SMILES string of the molecule is CCc1nn(C)c(=O)c2c(C(=O)O)c(Cn3nc(C)cc3C)sc12. The number of carboxylic acids is 1. The number of hydrogen-bond acceptors (Lipinski definition) is 5. The molecule has 0 aliphatic rings. The average Bonchev–Trinajstić information content (AvgIpc) is 3.03. The van der Waals surface area contributed by atoms with Gasteiger partial charge in [0.05, 0.1) is 33.6 Å². The number of aromatic carboxylic acids is 1. The summed E-state index contributed by atoms with van der Waals surface area (Å²) in [7, 11) is 1.55. The summed E-state index contributed by atoms with van der Waals surface area (Å²) in [4.78, 5) is 24.9. The van der Waals surface area contributed by atoms with E-state index in [0.717, 1.165) is 17.1 Å². The number of hydrogen-bond donors (Lipinski definition) is 1. The van der Waals surface area contributed by atoms with Gasteiger partial charge in [-0.2, -0.15) is 10.2 Å². The van der Waals surface area contributed by atoms with Crippen molar-refractivity contribution in [3.8, 4) is 0 Å². The van der Waals surface area contributed by atoms with Crippen molar-refractivity contribution in [1.29, 1.82) is 0 Å². The minimum Gasteiger partial charge on any atom is -0.478 e. The van der Waals surface area contributed by atoms with Gasteiger partial charge in [-0.1, -0.05) is 6.92 Å². The van der Waals surface area contributed by atoms with Gasteiger partial charge in [-0.3, -0.25) is 9.48 Å². The zero-order chi connectivity index (χ0) is 17.6. The second-order valence-electron chi connectivity index (χ2n) is 5.72. The van der Waals surface area contributed by atoms with E-state index in [1.165, 1.54) is 16.0 Å². The molecule has 3 heterocycles. The third-order valence-corrected chi connectivity index (χ3v) is 5.19. The van der Waals surface area contributed by atoms with Gasteiger partial charge in [0.2, 0.25) is 0 Å². The first-order chi connectivity index (χ1) is 11.3. The summed E-state index contributed by atoms with van der Waals surface area (Å²) in [6.07, 6.45) is 0.629. The Morgan fingerprint density at radius 3 is 2.58 bits per heavy atom. The summed E-state index contributed by atoms with van der Waals surface area (Å²) in [5, 5.41) is 18.6. The molecule has 0 atom stereocenters. The van der Waals surface area contributed by atoms with Gasteiger partial charge in [-0.05, 0) is 26.3 Å². The van der Waals surface area contributed by atoms with Crippen molar-refractivity contribution in [1.82, 2.24) is 19.6 Å². The van der Waals surface area contributed by atoms with Crippen LogP contribution in [0.15, 0.2) is 10.9 Å². The van der Waals surface area contributed by atoms with Crippen molar-refractivity contribution in [3.05, 3.63) is 43.9 Å². The first kappa shape index (κ1) is 16.4. The topological polar surface area (TPSA) is 90.0 Å². The van der Waals surface area contributed by atoms with Gasteiger partial charge in [-0.25, -0.2) is 9.48 Å². The molecule has 1 N–H and O–H groups in total. The summed E-state index contributed by atoms with van der Waals surface area (Å²) in [5.74, 6) is -1.09. The Morgan fingerprint density at radius 2 is 2.04 bits per heavy atom. The third kappa shape index (κ3) is 2.52. The summed E-state index contributed by atoms with van der Waals surface area (Å²) in [6, 6.07) is 1.94. The molecular formula is C16H18N4O3S. The highest BCUT2D eigenvalue weighted by molar-refractivity contribution is 7.19. The quantitative estimate of drug-likeness (QED) is 0.781. The number of nitrogens with zero attached hydrogens (tertiary/aromatic N) is 4. The molecule has 3 aromatic rings. The van der Waals surface area contributed by atoms with Crippen molar-refractivity contribution in [3.63, 3.8) is 0 Å².